The van der Waals surface area contributed by atoms with Crippen LogP contribution in [0, 0.1) is 36.7 Å². The number of aromatic nitrogens is 2. The molecular formula is C25H16I2N4O. The maximum Gasteiger partial charge on any atom is 0.149 e. The predicted octanol–water partition coefficient (Wildman–Crippen LogP) is 6.60. The molecule has 0 atom stereocenters. The van der Waals surface area contributed by atoms with E-state index >= 15 is 0 Å². The number of fused-ring (bicyclic) bond motifs is 1. The van der Waals surface area contributed by atoms with Gasteiger partial charge in [-0.3, -0.25) is 0 Å². The number of hydrogen-bond donors (Lipinski definition) is 1. The van der Waals surface area contributed by atoms with E-state index in [-0.39, 0.29) is 0 Å². The van der Waals surface area contributed by atoms with Crippen molar-refractivity contribution in [3.8, 4) is 17.9 Å². The van der Waals surface area contributed by atoms with Gasteiger partial charge in [0.25, 0.3) is 0 Å². The minimum Gasteiger partial charge on any atom is -0.487 e. The average molecular weight is 642 g/mol. The van der Waals surface area contributed by atoms with Gasteiger partial charge in [0, 0.05) is 5.56 Å². The minimum absolute atomic E-state index is 0.312. The van der Waals surface area contributed by atoms with Crippen LogP contribution in [-0.2, 0) is 6.61 Å². The van der Waals surface area contributed by atoms with Gasteiger partial charge >= 0.3 is 0 Å². The van der Waals surface area contributed by atoms with E-state index in [2.05, 4.69) is 67.3 Å². The molecule has 0 fully saturated rings. The summed E-state index contributed by atoms with van der Waals surface area (Å²) in [7, 11) is 0. The van der Waals surface area contributed by atoms with Gasteiger partial charge in [-0.25, -0.2) is 4.98 Å². The monoisotopic (exact) mass is 642 g/mol. The van der Waals surface area contributed by atoms with Crippen LogP contribution >= 0.6 is 45.2 Å². The van der Waals surface area contributed by atoms with Crippen molar-refractivity contribution in [2.45, 2.75) is 13.5 Å². The van der Waals surface area contributed by atoms with E-state index in [0.717, 1.165) is 40.6 Å². The molecule has 4 aromatic rings. The Morgan fingerprint density at radius 2 is 1.84 bits per heavy atom. The number of ether oxygens (including phenoxy) is 1. The average Bonchev–Trinajstić information content (AvgIpc) is 3.20. The molecule has 3 aromatic carbocycles. The van der Waals surface area contributed by atoms with Crippen LogP contribution in [0.25, 0.3) is 22.7 Å². The van der Waals surface area contributed by atoms with Crippen LogP contribution in [0.5, 0.6) is 5.75 Å². The molecule has 1 N–H and O–H groups in total. The number of benzene rings is 3. The number of H-pyrrole nitrogens is 1. The zero-order valence-electron chi connectivity index (χ0n) is 17.0. The summed E-state index contributed by atoms with van der Waals surface area (Å²) in [6, 6.07) is 21.8. The number of nitriles is 2. The molecule has 32 heavy (non-hydrogen) atoms. The number of aromatic amines is 1. The highest BCUT2D eigenvalue weighted by Crippen LogP contribution is 2.31. The second kappa shape index (κ2) is 9.72. The lowest BCUT2D eigenvalue weighted by Gasteiger charge is -2.12. The van der Waals surface area contributed by atoms with Crippen LogP contribution in [0.4, 0.5) is 0 Å². The lowest BCUT2D eigenvalue weighted by molar-refractivity contribution is 0.301. The SMILES string of the molecule is Cc1ccc2nc(/C(C#N)=C\c3cc(I)c(OCc4ccccc4C#N)c(I)c3)[nH]c2c1. The summed E-state index contributed by atoms with van der Waals surface area (Å²) in [6.45, 7) is 2.33. The molecule has 0 spiro atoms. The van der Waals surface area contributed by atoms with Crippen LogP contribution in [0.1, 0.15) is 28.1 Å². The van der Waals surface area contributed by atoms with Gasteiger partial charge in [-0.2, -0.15) is 10.5 Å². The first-order valence-corrected chi connectivity index (χ1v) is 11.8. The highest BCUT2D eigenvalue weighted by molar-refractivity contribution is 14.1. The number of rotatable bonds is 5. The Labute approximate surface area is 213 Å². The topological polar surface area (TPSA) is 85.5 Å². The fourth-order valence-electron chi connectivity index (χ4n) is 3.28. The molecule has 0 aliphatic rings. The van der Waals surface area contributed by atoms with Crippen molar-refractivity contribution in [1.82, 2.24) is 9.97 Å². The van der Waals surface area contributed by atoms with Gasteiger partial charge in [0.15, 0.2) is 0 Å². The number of halogens is 2. The summed E-state index contributed by atoms with van der Waals surface area (Å²) >= 11 is 4.46. The number of imidazole rings is 1. The Kier molecular flexibility index (Phi) is 6.77. The summed E-state index contributed by atoms with van der Waals surface area (Å²) in [5.41, 5.74) is 5.67. The Morgan fingerprint density at radius 1 is 1.09 bits per heavy atom. The summed E-state index contributed by atoms with van der Waals surface area (Å²) in [5, 5.41) is 19.0. The molecule has 156 valence electrons. The summed E-state index contributed by atoms with van der Waals surface area (Å²) in [5.74, 6) is 1.31. The Bertz CT molecular complexity index is 1420. The number of nitrogens with one attached hydrogen (secondary N) is 1. The highest BCUT2D eigenvalue weighted by atomic mass is 127. The van der Waals surface area contributed by atoms with Gasteiger partial charge in [0.2, 0.25) is 0 Å². The molecule has 1 aromatic heterocycles. The van der Waals surface area contributed by atoms with E-state index < -0.39 is 0 Å². The van der Waals surface area contributed by atoms with Crippen LogP contribution < -0.4 is 4.74 Å². The van der Waals surface area contributed by atoms with E-state index in [1.54, 1.807) is 6.07 Å². The molecule has 0 unspecified atom stereocenters. The molecule has 5 nitrogen and oxygen atoms in total. The Balaban J connectivity index is 1.62. The van der Waals surface area contributed by atoms with E-state index in [1.165, 1.54) is 0 Å². The van der Waals surface area contributed by atoms with Gasteiger partial charge in [-0.05, 0) is 99.6 Å². The van der Waals surface area contributed by atoms with Gasteiger partial charge in [-0.15, -0.1) is 0 Å². The molecule has 0 aliphatic heterocycles. The maximum atomic E-state index is 9.74. The van der Waals surface area contributed by atoms with Crippen molar-refractivity contribution in [3.63, 3.8) is 0 Å². The third-order valence-electron chi connectivity index (χ3n) is 4.85. The van der Waals surface area contributed by atoms with Gasteiger partial charge in [0.05, 0.1) is 35.4 Å². The highest BCUT2D eigenvalue weighted by Gasteiger charge is 2.12. The molecule has 4 rings (SSSR count). The van der Waals surface area contributed by atoms with Gasteiger partial charge < -0.3 is 9.72 Å². The van der Waals surface area contributed by atoms with Crippen molar-refractivity contribution in [1.29, 1.82) is 10.5 Å². The lowest BCUT2D eigenvalue weighted by atomic mass is 10.1. The number of aryl methyl sites for hydroxylation is 1. The molecular weight excluding hydrogens is 626 g/mol. The van der Waals surface area contributed by atoms with Crippen LogP contribution in [0.2, 0.25) is 0 Å². The van der Waals surface area contributed by atoms with Crippen LogP contribution in [0.15, 0.2) is 54.6 Å². The van der Waals surface area contributed by atoms with Crippen molar-refractivity contribution >= 4 is 67.9 Å². The molecule has 0 bridgehead atoms. The molecule has 0 aliphatic carbocycles. The van der Waals surface area contributed by atoms with Crippen molar-refractivity contribution in [2.75, 3.05) is 0 Å². The number of allylic oxidation sites excluding steroid dienone is 1. The second-order valence-electron chi connectivity index (χ2n) is 7.15. The maximum absolute atomic E-state index is 9.74. The largest absolute Gasteiger partial charge is 0.487 e. The second-order valence-corrected chi connectivity index (χ2v) is 9.47. The molecule has 0 amide bonds. The fourth-order valence-corrected chi connectivity index (χ4v) is 5.40. The van der Waals surface area contributed by atoms with E-state index in [9.17, 15) is 10.5 Å². The molecule has 0 radical (unpaired) electrons. The molecule has 1 heterocycles. The Hall–Kier alpha value is -2.89. The molecule has 0 saturated carbocycles. The normalized spacial score (nSPS) is 11.2. The molecule has 0 saturated heterocycles. The van der Waals surface area contributed by atoms with Crippen LogP contribution in [0.3, 0.4) is 0 Å². The summed E-state index contributed by atoms with van der Waals surface area (Å²) in [6.07, 6.45) is 1.82. The van der Waals surface area contributed by atoms with Gasteiger partial charge in [-0.1, -0.05) is 24.3 Å². The van der Waals surface area contributed by atoms with Crippen LogP contribution in [-0.4, -0.2) is 9.97 Å². The quantitative estimate of drug-likeness (QED) is 0.197. The molecule has 7 heteroatoms. The smallest absolute Gasteiger partial charge is 0.149 e. The Morgan fingerprint density at radius 3 is 2.56 bits per heavy atom. The predicted molar refractivity (Wildman–Crippen MR) is 142 cm³/mol. The van der Waals surface area contributed by atoms with Crippen molar-refractivity contribution < 1.29 is 4.74 Å². The standard InChI is InChI=1S/C25H16I2N4O/c1-15-6-7-22-23(8-15)31-25(30-22)19(13-29)9-16-10-20(26)24(21(27)11-16)32-14-18-5-3-2-4-17(18)12-28/h2-11H,14H2,1H3,(H,30,31)/b19-9-. The number of hydrogen-bond acceptors (Lipinski definition) is 4. The fraction of sp³-hybridized carbons (Fsp3) is 0.0800. The number of nitrogens with zero attached hydrogens (tertiary/aromatic N) is 3. The van der Waals surface area contributed by atoms with Crippen molar-refractivity contribution in [3.05, 3.63) is 89.8 Å². The lowest BCUT2D eigenvalue weighted by Crippen LogP contribution is -2.01. The minimum atomic E-state index is 0.312. The first-order chi connectivity index (χ1) is 15.5. The zero-order chi connectivity index (χ0) is 22.7. The first kappa shape index (κ1) is 22.3. The van der Waals surface area contributed by atoms with E-state index in [1.807, 2.05) is 61.5 Å². The third-order valence-corrected chi connectivity index (χ3v) is 6.46. The van der Waals surface area contributed by atoms with E-state index in [0.29, 0.717) is 23.6 Å². The summed E-state index contributed by atoms with van der Waals surface area (Å²) in [4.78, 5) is 7.80. The summed E-state index contributed by atoms with van der Waals surface area (Å²) < 4.78 is 7.90. The van der Waals surface area contributed by atoms with E-state index in [4.69, 9.17) is 4.74 Å². The first-order valence-electron chi connectivity index (χ1n) is 9.67. The third kappa shape index (κ3) is 4.79. The van der Waals surface area contributed by atoms with Gasteiger partial charge in [0.1, 0.15) is 24.3 Å². The van der Waals surface area contributed by atoms with Crippen molar-refractivity contribution in [2.24, 2.45) is 0 Å². The zero-order valence-corrected chi connectivity index (χ0v) is 21.3.